The molecule has 1 aromatic heterocycles. The zero-order chi connectivity index (χ0) is 13.1. The third-order valence-corrected chi connectivity index (χ3v) is 3.69. The van der Waals surface area contributed by atoms with Gasteiger partial charge in [-0.05, 0) is 22.6 Å². The Labute approximate surface area is 121 Å². The molecule has 2 aromatic rings. The van der Waals surface area contributed by atoms with Crippen molar-refractivity contribution in [1.82, 2.24) is 9.97 Å². The second-order valence-corrected chi connectivity index (χ2v) is 5.44. The van der Waals surface area contributed by atoms with Gasteiger partial charge in [-0.25, -0.2) is 9.97 Å². The lowest BCUT2D eigenvalue weighted by molar-refractivity contribution is 0.776. The van der Waals surface area contributed by atoms with Crippen LogP contribution in [0.3, 0.4) is 0 Å². The molecule has 0 amide bonds. The lowest BCUT2D eigenvalue weighted by Gasteiger charge is -2.13. The topological polar surface area (TPSA) is 37.8 Å². The van der Waals surface area contributed by atoms with Crippen molar-refractivity contribution in [3.8, 4) is 11.3 Å². The van der Waals surface area contributed by atoms with Gasteiger partial charge in [-0.1, -0.05) is 44.2 Å². The van der Waals surface area contributed by atoms with Crippen molar-refractivity contribution in [3.05, 3.63) is 39.7 Å². The molecule has 4 heteroatoms. The summed E-state index contributed by atoms with van der Waals surface area (Å²) in [6, 6.07) is 10.2. The van der Waals surface area contributed by atoms with Crippen LogP contribution in [0.1, 0.15) is 25.6 Å². The molecule has 1 heterocycles. The third-order valence-electron chi connectivity index (χ3n) is 2.67. The molecule has 0 unspecified atom stereocenters. The van der Waals surface area contributed by atoms with E-state index in [1.165, 1.54) is 0 Å². The predicted octanol–water partition coefficient (Wildman–Crippen LogP) is 3.91. The molecule has 3 nitrogen and oxygen atoms in total. The van der Waals surface area contributed by atoms with Gasteiger partial charge in [-0.15, -0.1) is 0 Å². The summed E-state index contributed by atoms with van der Waals surface area (Å²) >= 11 is 2.30. The highest BCUT2D eigenvalue weighted by Gasteiger charge is 2.14. The maximum absolute atomic E-state index is 4.69. The molecule has 18 heavy (non-hydrogen) atoms. The van der Waals surface area contributed by atoms with Crippen LogP contribution in [0.15, 0.2) is 30.3 Å². The standard InChI is InChI=1S/C14H16IN3/c1-9(2)13-17-12(10-7-5-4-6-8-10)11(15)14(16-3)18-13/h4-9H,1-3H3,(H,16,17,18). The molecule has 0 aliphatic rings. The van der Waals surface area contributed by atoms with Gasteiger partial charge in [-0.2, -0.15) is 0 Å². The fraction of sp³-hybridized carbons (Fsp3) is 0.286. The van der Waals surface area contributed by atoms with E-state index in [2.05, 4.69) is 58.9 Å². The molecule has 0 fully saturated rings. The Balaban J connectivity index is 2.62. The van der Waals surface area contributed by atoms with Crippen LogP contribution < -0.4 is 5.32 Å². The molecule has 0 bridgehead atoms. The van der Waals surface area contributed by atoms with Crippen molar-refractivity contribution >= 4 is 28.4 Å². The maximum Gasteiger partial charge on any atom is 0.143 e. The molecule has 0 saturated heterocycles. The summed E-state index contributed by atoms with van der Waals surface area (Å²) in [5, 5.41) is 3.14. The summed E-state index contributed by atoms with van der Waals surface area (Å²) < 4.78 is 1.06. The number of anilines is 1. The Morgan fingerprint density at radius 1 is 1.11 bits per heavy atom. The van der Waals surface area contributed by atoms with Crippen molar-refractivity contribution in [1.29, 1.82) is 0 Å². The minimum absolute atomic E-state index is 0.316. The second-order valence-electron chi connectivity index (χ2n) is 4.36. The van der Waals surface area contributed by atoms with Gasteiger partial charge in [-0.3, -0.25) is 0 Å². The first-order chi connectivity index (χ1) is 8.63. The molecule has 0 aliphatic heterocycles. The SMILES string of the molecule is CNc1nc(C(C)C)nc(-c2ccccc2)c1I. The van der Waals surface area contributed by atoms with Gasteiger partial charge >= 0.3 is 0 Å². The summed E-state index contributed by atoms with van der Waals surface area (Å²) in [6.07, 6.45) is 0. The van der Waals surface area contributed by atoms with Crippen LogP contribution in [0.25, 0.3) is 11.3 Å². The van der Waals surface area contributed by atoms with Crippen LogP contribution in [-0.2, 0) is 0 Å². The third kappa shape index (κ3) is 2.63. The van der Waals surface area contributed by atoms with Crippen molar-refractivity contribution in [3.63, 3.8) is 0 Å². The largest absolute Gasteiger partial charge is 0.372 e. The average Bonchev–Trinajstić information content (AvgIpc) is 2.39. The van der Waals surface area contributed by atoms with Gasteiger partial charge in [0.25, 0.3) is 0 Å². The van der Waals surface area contributed by atoms with Gasteiger partial charge in [0.15, 0.2) is 0 Å². The van der Waals surface area contributed by atoms with Gasteiger partial charge in [0.1, 0.15) is 11.6 Å². The number of hydrogen-bond acceptors (Lipinski definition) is 3. The lowest BCUT2D eigenvalue weighted by atomic mass is 10.1. The van der Waals surface area contributed by atoms with Gasteiger partial charge in [0.05, 0.1) is 9.26 Å². The van der Waals surface area contributed by atoms with Gasteiger partial charge < -0.3 is 5.32 Å². The number of rotatable bonds is 3. The fourth-order valence-electron chi connectivity index (χ4n) is 1.68. The molecule has 1 N–H and O–H groups in total. The van der Waals surface area contributed by atoms with E-state index in [1.807, 2.05) is 25.2 Å². The summed E-state index contributed by atoms with van der Waals surface area (Å²) in [7, 11) is 1.89. The normalized spacial score (nSPS) is 10.7. The number of hydrogen-bond donors (Lipinski definition) is 1. The van der Waals surface area contributed by atoms with Crippen LogP contribution in [-0.4, -0.2) is 17.0 Å². The minimum Gasteiger partial charge on any atom is -0.372 e. The number of halogens is 1. The predicted molar refractivity (Wildman–Crippen MR) is 83.8 cm³/mol. The minimum atomic E-state index is 0.316. The maximum atomic E-state index is 4.69. The summed E-state index contributed by atoms with van der Waals surface area (Å²) in [5.74, 6) is 2.09. The highest BCUT2D eigenvalue weighted by Crippen LogP contribution is 2.29. The molecule has 94 valence electrons. The molecule has 1 aromatic carbocycles. The Bertz CT molecular complexity index is 538. The van der Waals surface area contributed by atoms with Crippen molar-refractivity contribution < 1.29 is 0 Å². The van der Waals surface area contributed by atoms with Gasteiger partial charge in [0, 0.05) is 18.5 Å². The monoisotopic (exact) mass is 353 g/mol. The van der Waals surface area contributed by atoms with Crippen molar-refractivity contribution in [2.24, 2.45) is 0 Å². The van der Waals surface area contributed by atoms with Gasteiger partial charge in [0.2, 0.25) is 0 Å². The number of nitrogens with zero attached hydrogens (tertiary/aromatic N) is 2. The van der Waals surface area contributed by atoms with E-state index < -0.39 is 0 Å². The van der Waals surface area contributed by atoms with Crippen LogP contribution in [0.4, 0.5) is 5.82 Å². The van der Waals surface area contributed by atoms with E-state index in [0.29, 0.717) is 5.92 Å². The average molecular weight is 353 g/mol. The molecule has 0 saturated carbocycles. The number of nitrogens with one attached hydrogen (secondary N) is 1. The quantitative estimate of drug-likeness (QED) is 0.851. The van der Waals surface area contributed by atoms with E-state index >= 15 is 0 Å². The molecule has 0 aliphatic carbocycles. The zero-order valence-corrected chi connectivity index (χ0v) is 12.9. The first kappa shape index (κ1) is 13.3. The smallest absolute Gasteiger partial charge is 0.143 e. The van der Waals surface area contributed by atoms with Crippen LogP contribution >= 0.6 is 22.6 Å². The highest BCUT2D eigenvalue weighted by molar-refractivity contribution is 14.1. The molecule has 2 rings (SSSR count). The van der Waals surface area contributed by atoms with E-state index in [-0.39, 0.29) is 0 Å². The first-order valence-electron chi connectivity index (χ1n) is 5.94. The van der Waals surface area contributed by atoms with Crippen LogP contribution in [0.5, 0.6) is 0 Å². The molecule has 0 spiro atoms. The lowest BCUT2D eigenvalue weighted by Crippen LogP contribution is -2.06. The van der Waals surface area contributed by atoms with E-state index in [1.54, 1.807) is 0 Å². The molecular formula is C14H16IN3. The summed E-state index contributed by atoms with van der Waals surface area (Å²) in [5.41, 5.74) is 2.13. The number of benzene rings is 1. The van der Waals surface area contributed by atoms with Crippen LogP contribution in [0, 0.1) is 3.57 Å². The zero-order valence-electron chi connectivity index (χ0n) is 10.7. The van der Waals surface area contributed by atoms with Crippen molar-refractivity contribution in [2.75, 3.05) is 12.4 Å². The molecule has 0 radical (unpaired) electrons. The van der Waals surface area contributed by atoms with Crippen LogP contribution in [0.2, 0.25) is 0 Å². The van der Waals surface area contributed by atoms with E-state index in [0.717, 1.165) is 26.5 Å². The summed E-state index contributed by atoms with van der Waals surface area (Å²) in [4.78, 5) is 9.24. The second kappa shape index (κ2) is 5.65. The van der Waals surface area contributed by atoms with E-state index in [9.17, 15) is 0 Å². The summed E-state index contributed by atoms with van der Waals surface area (Å²) in [6.45, 7) is 4.22. The fourth-order valence-corrected chi connectivity index (χ4v) is 2.50. The first-order valence-corrected chi connectivity index (χ1v) is 7.02. The Kier molecular flexibility index (Phi) is 4.16. The Morgan fingerprint density at radius 2 is 1.78 bits per heavy atom. The molecule has 0 atom stereocenters. The van der Waals surface area contributed by atoms with Crippen molar-refractivity contribution in [2.45, 2.75) is 19.8 Å². The Hall–Kier alpha value is -1.17. The molecular weight excluding hydrogens is 337 g/mol. The number of aromatic nitrogens is 2. The Morgan fingerprint density at radius 3 is 2.33 bits per heavy atom. The highest BCUT2D eigenvalue weighted by atomic mass is 127. The van der Waals surface area contributed by atoms with E-state index in [4.69, 9.17) is 4.98 Å².